The molecule has 0 amide bonds. The largest absolute Gasteiger partial charge is 0.541 e. The zero-order chi connectivity index (χ0) is 10.6. The molecule has 0 aliphatic heterocycles. The molecular formula is C6H7O7-. The first-order chi connectivity index (χ1) is 5.91. The summed E-state index contributed by atoms with van der Waals surface area (Å²) in [6, 6.07) is 0. The maximum absolute atomic E-state index is 10.6. The summed E-state index contributed by atoms with van der Waals surface area (Å²) < 4.78 is 0. The molecule has 0 fully saturated rings. The average Bonchev–Trinajstić information content (AvgIpc) is 2.12. The summed E-state index contributed by atoms with van der Waals surface area (Å²) in [5, 5.41) is 35.4. The van der Waals surface area contributed by atoms with Gasteiger partial charge in [0.25, 0.3) is 0 Å². The molecule has 2 unspecified atom stereocenters. The van der Waals surface area contributed by atoms with E-state index in [9.17, 15) is 19.5 Å². The molecule has 0 bridgehead atoms. The molecule has 7 nitrogen and oxygen atoms in total. The summed E-state index contributed by atoms with van der Waals surface area (Å²) >= 11 is 0. The third kappa shape index (κ3) is 2.90. The number of hydrogen-bond acceptors (Lipinski definition) is 7. The van der Waals surface area contributed by atoms with E-state index < -0.39 is 36.4 Å². The van der Waals surface area contributed by atoms with Crippen molar-refractivity contribution in [2.45, 2.75) is 12.2 Å². The fourth-order valence-electron chi connectivity index (χ4n) is 0.509. The lowest BCUT2D eigenvalue weighted by Gasteiger charge is -2.13. The van der Waals surface area contributed by atoms with Gasteiger partial charge in [-0.2, -0.15) is 0 Å². The van der Waals surface area contributed by atoms with Gasteiger partial charge in [-0.3, -0.25) is 9.59 Å². The number of aliphatic hydroxyl groups is 3. The zero-order valence-corrected chi connectivity index (χ0v) is 6.34. The Kier molecular flexibility index (Phi) is 4.18. The molecule has 0 radical (unpaired) electrons. The lowest BCUT2D eigenvalue weighted by Crippen LogP contribution is -2.46. The summed E-state index contributed by atoms with van der Waals surface area (Å²) in [6.45, 7) is -0.965. The second-order valence-corrected chi connectivity index (χ2v) is 2.18. The molecule has 74 valence electrons. The first-order valence-corrected chi connectivity index (χ1v) is 3.18. The average molecular weight is 191 g/mol. The van der Waals surface area contributed by atoms with Gasteiger partial charge in [0, 0.05) is 0 Å². The Labute approximate surface area is 72.2 Å². The maximum atomic E-state index is 10.6. The van der Waals surface area contributed by atoms with Gasteiger partial charge < -0.3 is 25.2 Å². The Morgan fingerprint density at radius 2 is 1.69 bits per heavy atom. The van der Waals surface area contributed by atoms with Crippen LogP contribution in [-0.2, 0) is 14.4 Å². The maximum Gasteiger partial charge on any atom is 0.246 e. The van der Waals surface area contributed by atoms with Crippen molar-refractivity contribution >= 4 is 17.5 Å². The predicted octanol–water partition coefficient (Wildman–Crippen LogP) is -4.41. The number of ketones is 2. The fourth-order valence-corrected chi connectivity index (χ4v) is 0.509. The second kappa shape index (κ2) is 4.65. The predicted molar refractivity (Wildman–Crippen MR) is 34.1 cm³/mol. The van der Waals surface area contributed by atoms with Crippen molar-refractivity contribution in [2.75, 3.05) is 6.61 Å². The smallest absolute Gasteiger partial charge is 0.246 e. The molecule has 0 heterocycles. The molecule has 0 aromatic heterocycles. The van der Waals surface area contributed by atoms with Gasteiger partial charge in [0.05, 0.1) is 6.61 Å². The van der Waals surface area contributed by atoms with Crippen LogP contribution in [0.2, 0.25) is 0 Å². The summed E-state index contributed by atoms with van der Waals surface area (Å²) in [6.07, 6.45) is -4.12. The van der Waals surface area contributed by atoms with Crippen LogP contribution in [0.3, 0.4) is 0 Å². The first-order valence-electron chi connectivity index (χ1n) is 3.18. The normalized spacial score (nSPS) is 14.7. The first kappa shape index (κ1) is 11.7. The molecular weight excluding hydrogens is 184 g/mol. The third-order valence-corrected chi connectivity index (χ3v) is 1.23. The molecule has 3 N–H and O–H groups in total. The van der Waals surface area contributed by atoms with E-state index in [2.05, 4.69) is 0 Å². The van der Waals surface area contributed by atoms with E-state index in [1.54, 1.807) is 0 Å². The number of carboxylic acids is 1. The van der Waals surface area contributed by atoms with Crippen molar-refractivity contribution in [2.24, 2.45) is 0 Å². The van der Waals surface area contributed by atoms with E-state index in [4.69, 9.17) is 15.3 Å². The van der Waals surface area contributed by atoms with Gasteiger partial charge in [-0.1, -0.05) is 0 Å². The fraction of sp³-hybridized carbons (Fsp3) is 0.500. The Balaban J connectivity index is 4.43. The molecule has 13 heavy (non-hydrogen) atoms. The van der Waals surface area contributed by atoms with Gasteiger partial charge in [-0.05, 0) is 0 Å². The van der Waals surface area contributed by atoms with Crippen molar-refractivity contribution in [1.82, 2.24) is 0 Å². The molecule has 0 saturated heterocycles. The van der Waals surface area contributed by atoms with Gasteiger partial charge in [0.1, 0.15) is 18.2 Å². The minimum Gasteiger partial charge on any atom is -0.541 e. The summed E-state index contributed by atoms with van der Waals surface area (Å²) in [4.78, 5) is 30.8. The Bertz CT molecular complexity index is 233. The molecule has 0 aromatic carbocycles. The molecule has 7 heteroatoms. The van der Waals surface area contributed by atoms with E-state index >= 15 is 0 Å². The van der Waals surface area contributed by atoms with Crippen molar-refractivity contribution in [3.63, 3.8) is 0 Å². The van der Waals surface area contributed by atoms with Crippen molar-refractivity contribution < 1.29 is 34.8 Å². The molecule has 0 aliphatic carbocycles. The topological polar surface area (TPSA) is 135 Å². The lowest BCUT2D eigenvalue weighted by molar-refractivity contribution is -0.299. The van der Waals surface area contributed by atoms with Crippen molar-refractivity contribution in [1.29, 1.82) is 0 Å². The Hall–Kier alpha value is -1.31. The van der Waals surface area contributed by atoms with Gasteiger partial charge >= 0.3 is 0 Å². The summed E-state index contributed by atoms with van der Waals surface area (Å²) in [5.41, 5.74) is 0. The van der Waals surface area contributed by atoms with E-state index in [-0.39, 0.29) is 0 Å². The van der Waals surface area contributed by atoms with Crippen molar-refractivity contribution in [3.05, 3.63) is 0 Å². The van der Waals surface area contributed by atoms with Crippen LogP contribution in [0.15, 0.2) is 0 Å². The molecule has 2 atom stereocenters. The number of aliphatic hydroxyl groups excluding tert-OH is 3. The van der Waals surface area contributed by atoms with Gasteiger partial charge in [-0.15, -0.1) is 0 Å². The van der Waals surface area contributed by atoms with Crippen LogP contribution in [0.4, 0.5) is 0 Å². The SMILES string of the molecule is O=C([O-])C(=O)C(=O)C(O)C(O)CO. The number of aliphatic carboxylic acids is 1. The highest BCUT2D eigenvalue weighted by Gasteiger charge is 2.29. The van der Waals surface area contributed by atoms with Crippen LogP contribution in [0.1, 0.15) is 0 Å². The third-order valence-electron chi connectivity index (χ3n) is 1.23. The summed E-state index contributed by atoms with van der Waals surface area (Å²) in [7, 11) is 0. The van der Waals surface area contributed by atoms with Crippen LogP contribution >= 0.6 is 0 Å². The van der Waals surface area contributed by atoms with Gasteiger partial charge in [0.15, 0.2) is 0 Å². The monoisotopic (exact) mass is 191 g/mol. The molecule has 0 rings (SSSR count). The van der Waals surface area contributed by atoms with Crippen LogP contribution in [0.5, 0.6) is 0 Å². The highest BCUT2D eigenvalue weighted by molar-refractivity contribution is 6.62. The zero-order valence-electron chi connectivity index (χ0n) is 6.34. The highest BCUT2D eigenvalue weighted by atomic mass is 16.4. The van der Waals surface area contributed by atoms with Gasteiger partial charge in [-0.25, -0.2) is 0 Å². The molecule has 0 aromatic rings. The number of carbonyl (C=O) groups is 3. The van der Waals surface area contributed by atoms with Crippen LogP contribution in [-0.4, -0.2) is 51.7 Å². The lowest BCUT2D eigenvalue weighted by atomic mass is 10.1. The second-order valence-electron chi connectivity index (χ2n) is 2.18. The van der Waals surface area contributed by atoms with E-state index in [1.165, 1.54) is 0 Å². The number of rotatable bonds is 5. The van der Waals surface area contributed by atoms with E-state index in [0.29, 0.717) is 0 Å². The molecule has 0 aliphatic rings. The minimum absolute atomic E-state index is 0.965. The van der Waals surface area contributed by atoms with Crippen molar-refractivity contribution in [3.8, 4) is 0 Å². The van der Waals surface area contributed by atoms with Crippen LogP contribution < -0.4 is 5.11 Å². The molecule has 0 saturated carbocycles. The minimum atomic E-state index is -2.27. The van der Waals surface area contributed by atoms with E-state index in [0.717, 1.165) is 0 Å². The summed E-state index contributed by atoms with van der Waals surface area (Å²) in [5.74, 6) is -5.93. The number of Topliss-reactive ketones (excluding diaryl/α,β-unsaturated/α-hetero) is 2. The van der Waals surface area contributed by atoms with Crippen LogP contribution in [0.25, 0.3) is 0 Å². The standard InChI is InChI=1S/C6H8O7/c7-1-2(8)3(9)4(10)5(11)6(12)13/h2-3,7-9H,1H2,(H,12,13)/p-1. The Morgan fingerprint density at radius 3 is 2.00 bits per heavy atom. The highest BCUT2D eigenvalue weighted by Crippen LogP contribution is 1.95. The number of hydrogen-bond donors (Lipinski definition) is 3. The number of carboxylic acid groups (broad SMARTS) is 1. The quantitative estimate of drug-likeness (QED) is 0.295. The van der Waals surface area contributed by atoms with Gasteiger partial charge in [0.2, 0.25) is 11.6 Å². The number of carbonyl (C=O) groups excluding carboxylic acids is 3. The molecule has 0 spiro atoms. The Morgan fingerprint density at radius 1 is 1.23 bits per heavy atom. The van der Waals surface area contributed by atoms with E-state index in [1.807, 2.05) is 0 Å². The van der Waals surface area contributed by atoms with Crippen LogP contribution in [0, 0.1) is 0 Å².